The van der Waals surface area contributed by atoms with Crippen molar-refractivity contribution in [2.24, 2.45) is 0 Å². The summed E-state index contributed by atoms with van der Waals surface area (Å²) in [5, 5.41) is 0.401. The number of thioether (sulfide) groups is 1. The number of halogens is 1. The smallest absolute Gasteiger partial charge is 0.261 e. The molecule has 0 N–H and O–H groups in total. The first kappa shape index (κ1) is 16.4. The normalized spacial score (nSPS) is 13.6. The molecule has 21 heavy (non-hydrogen) atoms. The molecule has 114 valence electrons. The Morgan fingerprint density at radius 3 is 2.67 bits per heavy atom. The van der Waals surface area contributed by atoms with Crippen LogP contribution in [0.3, 0.4) is 0 Å². The maximum Gasteiger partial charge on any atom is 0.261 e. The fourth-order valence-corrected chi connectivity index (χ4v) is 2.63. The first-order chi connectivity index (χ1) is 9.89. The second-order valence-corrected chi connectivity index (χ2v) is 7.76. The Bertz CT molecular complexity index is 696. The lowest BCUT2D eigenvalue weighted by Gasteiger charge is -2.26. The predicted octanol–water partition coefficient (Wildman–Crippen LogP) is 4.23. The van der Waals surface area contributed by atoms with Gasteiger partial charge in [-0.05, 0) is 38.7 Å². The van der Waals surface area contributed by atoms with E-state index in [0.717, 1.165) is 11.9 Å². The Morgan fingerprint density at radius 2 is 2.05 bits per heavy atom. The molecule has 3 nitrogen and oxygen atoms in total. The van der Waals surface area contributed by atoms with Crippen molar-refractivity contribution in [3.05, 3.63) is 40.4 Å². The van der Waals surface area contributed by atoms with Gasteiger partial charge >= 0.3 is 0 Å². The SMILES string of the molecule is CCC(Cl)c1nc2ccccc2c(=O)n1CC(C)(C)SC. The summed E-state index contributed by atoms with van der Waals surface area (Å²) in [6.07, 6.45) is 2.79. The third kappa shape index (κ3) is 3.43. The largest absolute Gasteiger partial charge is 0.293 e. The van der Waals surface area contributed by atoms with Gasteiger partial charge in [-0.25, -0.2) is 4.98 Å². The molecule has 0 amide bonds. The van der Waals surface area contributed by atoms with Gasteiger partial charge in [-0.2, -0.15) is 11.8 Å². The van der Waals surface area contributed by atoms with Crippen molar-refractivity contribution in [2.75, 3.05) is 6.26 Å². The number of fused-ring (bicyclic) bond motifs is 1. The molecular weight excluding hydrogens is 304 g/mol. The van der Waals surface area contributed by atoms with Gasteiger partial charge in [0, 0.05) is 11.3 Å². The zero-order valence-electron chi connectivity index (χ0n) is 12.9. The molecule has 1 atom stereocenters. The minimum Gasteiger partial charge on any atom is -0.293 e. The molecule has 0 aliphatic rings. The third-order valence-electron chi connectivity index (χ3n) is 3.62. The lowest BCUT2D eigenvalue weighted by Crippen LogP contribution is -2.34. The number of hydrogen-bond donors (Lipinski definition) is 0. The molecule has 0 spiro atoms. The molecule has 0 bridgehead atoms. The minimum atomic E-state index is -0.250. The zero-order chi connectivity index (χ0) is 15.6. The summed E-state index contributed by atoms with van der Waals surface area (Å²) >= 11 is 8.14. The van der Waals surface area contributed by atoms with Gasteiger partial charge in [0.2, 0.25) is 0 Å². The van der Waals surface area contributed by atoms with Crippen molar-refractivity contribution in [1.29, 1.82) is 0 Å². The number of aromatic nitrogens is 2. The summed E-state index contributed by atoms with van der Waals surface area (Å²) < 4.78 is 1.70. The van der Waals surface area contributed by atoms with Crippen LogP contribution in [0.5, 0.6) is 0 Å². The lowest BCUT2D eigenvalue weighted by molar-refractivity contribution is 0.521. The highest BCUT2D eigenvalue weighted by atomic mass is 35.5. The van der Waals surface area contributed by atoms with E-state index in [1.165, 1.54) is 0 Å². The molecule has 2 rings (SSSR count). The van der Waals surface area contributed by atoms with Gasteiger partial charge in [0.15, 0.2) is 0 Å². The van der Waals surface area contributed by atoms with Crippen molar-refractivity contribution in [1.82, 2.24) is 9.55 Å². The Labute approximate surface area is 134 Å². The standard InChI is InChI=1S/C16H21ClN2OS/c1-5-12(17)14-18-13-9-7-6-8-11(13)15(20)19(14)10-16(2,3)21-4/h6-9,12H,5,10H2,1-4H3. The number of benzene rings is 1. The lowest BCUT2D eigenvalue weighted by atomic mass is 10.1. The maximum atomic E-state index is 12.8. The van der Waals surface area contributed by atoms with E-state index >= 15 is 0 Å². The first-order valence-electron chi connectivity index (χ1n) is 7.08. The van der Waals surface area contributed by atoms with Crippen molar-refractivity contribution < 1.29 is 0 Å². The Kier molecular flexibility index (Phi) is 4.99. The molecule has 0 saturated carbocycles. The molecule has 0 radical (unpaired) electrons. The monoisotopic (exact) mass is 324 g/mol. The van der Waals surface area contributed by atoms with Crippen LogP contribution in [0.1, 0.15) is 38.4 Å². The van der Waals surface area contributed by atoms with Crippen molar-refractivity contribution in [2.45, 2.75) is 43.9 Å². The van der Waals surface area contributed by atoms with Gasteiger partial charge in [0.05, 0.1) is 16.3 Å². The third-order valence-corrected chi connectivity index (χ3v) is 5.36. The summed E-state index contributed by atoms with van der Waals surface area (Å²) in [6.45, 7) is 6.85. The molecule has 5 heteroatoms. The average Bonchev–Trinajstić information content (AvgIpc) is 2.49. The Balaban J connectivity index is 2.70. The number of alkyl halides is 1. The predicted molar refractivity (Wildman–Crippen MR) is 92.5 cm³/mol. The van der Waals surface area contributed by atoms with Crippen LogP contribution in [-0.4, -0.2) is 20.6 Å². The average molecular weight is 325 g/mol. The van der Waals surface area contributed by atoms with Crippen molar-refractivity contribution >= 4 is 34.3 Å². The van der Waals surface area contributed by atoms with E-state index in [1.807, 2.05) is 31.2 Å². The van der Waals surface area contributed by atoms with Gasteiger partial charge in [-0.15, -0.1) is 11.6 Å². The molecule has 1 aromatic heterocycles. The molecule has 0 aliphatic carbocycles. The van der Waals surface area contributed by atoms with E-state index in [1.54, 1.807) is 16.3 Å². The van der Waals surface area contributed by atoms with E-state index in [4.69, 9.17) is 11.6 Å². The van der Waals surface area contributed by atoms with Crippen molar-refractivity contribution in [3.8, 4) is 0 Å². The second-order valence-electron chi connectivity index (χ2n) is 5.72. The van der Waals surface area contributed by atoms with Crippen molar-refractivity contribution in [3.63, 3.8) is 0 Å². The summed E-state index contributed by atoms with van der Waals surface area (Å²) in [4.78, 5) is 17.5. The van der Waals surface area contributed by atoms with E-state index < -0.39 is 0 Å². The maximum absolute atomic E-state index is 12.8. The van der Waals surface area contributed by atoms with Gasteiger partial charge < -0.3 is 0 Å². The number of hydrogen-bond acceptors (Lipinski definition) is 3. The molecule has 0 aliphatic heterocycles. The van der Waals surface area contributed by atoms with Crippen LogP contribution in [0.25, 0.3) is 10.9 Å². The van der Waals surface area contributed by atoms with Gasteiger partial charge in [-0.3, -0.25) is 9.36 Å². The van der Waals surface area contributed by atoms with Crippen LogP contribution in [0, 0.1) is 0 Å². The minimum absolute atomic E-state index is 0.00294. The molecule has 0 saturated heterocycles. The van der Waals surface area contributed by atoms with E-state index in [9.17, 15) is 4.79 Å². The fraction of sp³-hybridized carbons (Fsp3) is 0.500. The highest BCUT2D eigenvalue weighted by molar-refractivity contribution is 7.99. The van der Waals surface area contributed by atoms with Gasteiger partial charge in [0.25, 0.3) is 5.56 Å². The van der Waals surface area contributed by atoms with Crippen LogP contribution in [0.15, 0.2) is 29.1 Å². The van der Waals surface area contributed by atoms with E-state index in [-0.39, 0.29) is 15.7 Å². The van der Waals surface area contributed by atoms with Crippen LogP contribution < -0.4 is 5.56 Å². The van der Waals surface area contributed by atoms with Crippen LogP contribution in [0.2, 0.25) is 0 Å². The number of nitrogens with zero attached hydrogens (tertiary/aromatic N) is 2. The quantitative estimate of drug-likeness (QED) is 0.772. The van der Waals surface area contributed by atoms with Gasteiger partial charge in [-0.1, -0.05) is 19.1 Å². The molecule has 1 heterocycles. The highest BCUT2D eigenvalue weighted by Crippen LogP contribution is 2.27. The van der Waals surface area contributed by atoms with E-state index in [0.29, 0.717) is 17.8 Å². The van der Waals surface area contributed by atoms with Crippen LogP contribution in [-0.2, 0) is 6.54 Å². The van der Waals surface area contributed by atoms with Gasteiger partial charge in [0.1, 0.15) is 5.82 Å². The molecular formula is C16H21ClN2OS. The highest BCUT2D eigenvalue weighted by Gasteiger charge is 2.23. The first-order valence-corrected chi connectivity index (χ1v) is 8.74. The number of rotatable bonds is 5. The summed E-state index contributed by atoms with van der Waals surface area (Å²) in [5.41, 5.74) is 0.714. The second kappa shape index (κ2) is 6.41. The molecule has 0 fully saturated rings. The van der Waals surface area contributed by atoms with Crippen LogP contribution >= 0.6 is 23.4 Å². The molecule has 1 aromatic carbocycles. The topological polar surface area (TPSA) is 34.9 Å². The summed E-state index contributed by atoms with van der Waals surface area (Å²) in [6, 6.07) is 7.45. The number of para-hydroxylation sites is 1. The molecule has 1 unspecified atom stereocenters. The Morgan fingerprint density at radius 1 is 1.38 bits per heavy atom. The molecule has 2 aromatic rings. The summed E-state index contributed by atoms with van der Waals surface area (Å²) in [7, 11) is 0. The fourth-order valence-electron chi connectivity index (χ4n) is 2.21. The van der Waals surface area contributed by atoms with Crippen LogP contribution in [0.4, 0.5) is 0 Å². The zero-order valence-corrected chi connectivity index (χ0v) is 14.5. The summed E-state index contributed by atoms with van der Waals surface area (Å²) in [5.74, 6) is 0.671. The Hall–Kier alpha value is -1.00. The van der Waals surface area contributed by atoms with E-state index in [2.05, 4.69) is 25.1 Å².